The van der Waals surface area contributed by atoms with E-state index in [0.29, 0.717) is 0 Å². The van der Waals surface area contributed by atoms with Gasteiger partial charge in [0.2, 0.25) is 5.91 Å². The number of primary amides is 1. The number of carbonyl (C=O) groups is 1. The fourth-order valence-corrected chi connectivity index (χ4v) is 0.709. The van der Waals surface area contributed by atoms with Crippen molar-refractivity contribution < 1.29 is 15.0 Å². The van der Waals surface area contributed by atoms with Crippen LogP contribution in [0.15, 0.2) is 0 Å². The number of nitrogens with two attached hydrogens (primary N) is 1. The van der Waals surface area contributed by atoms with Gasteiger partial charge in [-0.25, -0.2) is 0 Å². The second-order valence-corrected chi connectivity index (χ2v) is 2.41. The molecule has 0 heterocycles. The van der Waals surface area contributed by atoms with Crippen LogP contribution in [0.1, 0.15) is 19.8 Å². The zero-order valence-electron chi connectivity index (χ0n) is 5.95. The van der Waals surface area contributed by atoms with Crippen molar-refractivity contribution in [3.8, 4) is 0 Å². The van der Waals surface area contributed by atoms with Gasteiger partial charge in [-0.05, 0) is 13.3 Å². The number of rotatable bonds is 4. The molecule has 4 N–H and O–H groups in total. The van der Waals surface area contributed by atoms with Crippen molar-refractivity contribution in [2.45, 2.75) is 32.0 Å². The molecular weight excluding hydrogens is 134 g/mol. The van der Waals surface area contributed by atoms with Crippen molar-refractivity contribution in [2.24, 2.45) is 5.73 Å². The van der Waals surface area contributed by atoms with Gasteiger partial charge in [0, 0.05) is 0 Å². The Bertz CT molecular complexity index is 114. The van der Waals surface area contributed by atoms with Crippen LogP contribution in [-0.2, 0) is 4.79 Å². The Kier molecular flexibility index (Phi) is 3.99. The molecular formula is C6H13NO3. The third kappa shape index (κ3) is 5.53. The number of aliphatic hydroxyl groups is 2. The highest BCUT2D eigenvalue weighted by atomic mass is 16.3. The summed E-state index contributed by atoms with van der Waals surface area (Å²) in [6.07, 6.45) is -1.28. The molecule has 0 rings (SSSR count). The van der Waals surface area contributed by atoms with E-state index in [2.05, 4.69) is 0 Å². The Hall–Kier alpha value is -0.610. The SMILES string of the molecule is CC(O)CC(O)CC(N)=O. The molecule has 0 aromatic carbocycles. The van der Waals surface area contributed by atoms with E-state index >= 15 is 0 Å². The second kappa shape index (κ2) is 4.24. The minimum Gasteiger partial charge on any atom is -0.393 e. The van der Waals surface area contributed by atoms with Gasteiger partial charge in [0.05, 0.1) is 18.6 Å². The minimum absolute atomic E-state index is 0.0785. The predicted octanol–water partition coefficient (Wildman–Crippen LogP) is -1.01. The summed E-state index contributed by atoms with van der Waals surface area (Å²) in [7, 11) is 0. The Morgan fingerprint density at radius 3 is 2.40 bits per heavy atom. The van der Waals surface area contributed by atoms with Crippen molar-refractivity contribution in [2.75, 3.05) is 0 Å². The van der Waals surface area contributed by atoms with Gasteiger partial charge in [0.1, 0.15) is 0 Å². The molecule has 0 fully saturated rings. The van der Waals surface area contributed by atoms with Crippen molar-refractivity contribution in [3.05, 3.63) is 0 Å². The molecule has 2 unspecified atom stereocenters. The van der Waals surface area contributed by atoms with Crippen molar-refractivity contribution in [1.82, 2.24) is 0 Å². The lowest BCUT2D eigenvalue weighted by Crippen LogP contribution is -2.22. The fraction of sp³-hybridized carbons (Fsp3) is 0.833. The number of hydrogen-bond acceptors (Lipinski definition) is 3. The van der Waals surface area contributed by atoms with Gasteiger partial charge in [0.25, 0.3) is 0 Å². The molecule has 0 aromatic heterocycles. The maximum Gasteiger partial charge on any atom is 0.220 e. The van der Waals surface area contributed by atoms with Crippen LogP contribution < -0.4 is 5.73 Å². The zero-order chi connectivity index (χ0) is 8.15. The van der Waals surface area contributed by atoms with Crippen LogP contribution >= 0.6 is 0 Å². The quantitative estimate of drug-likeness (QED) is 0.476. The smallest absolute Gasteiger partial charge is 0.220 e. The first-order chi connectivity index (χ1) is 4.52. The van der Waals surface area contributed by atoms with Crippen LogP contribution in [0.5, 0.6) is 0 Å². The van der Waals surface area contributed by atoms with Crippen LogP contribution in [0, 0.1) is 0 Å². The number of amides is 1. The maximum atomic E-state index is 10.2. The minimum atomic E-state index is -0.808. The highest BCUT2D eigenvalue weighted by Gasteiger charge is 2.09. The molecule has 0 saturated heterocycles. The molecule has 1 amide bonds. The summed E-state index contributed by atoms with van der Waals surface area (Å²) in [5.74, 6) is -0.548. The molecule has 0 spiro atoms. The standard InChI is InChI=1S/C6H13NO3/c1-4(8)2-5(9)3-6(7)10/h4-5,8-9H,2-3H2,1H3,(H2,7,10). The number of carbonyl (C=O) groups excluding carboxylic acids is 1. The topological polar surface area (TPSA) is 83.6 Å². The molecule has 0 bridgehead atoms. The highest BCUT2D eigenvalue weighted by molar-refractivity contribution is 5.74. The molecule has 2 atom stereocenters. The Morgan fingerprint density at radius 2 is 2.10 bits per heavy atom. The summed E-state index contributed by atoms with van der Waals surface area (Å²) in [4.78, 5) is 10.2. The van der Waals surface area contributed by atoms with Gasteiger partial charge in [-0.15, -0.1) is 0 Å². The number of aliphatic hydroxyl groups excluding tert-OH is 2. The fourth-order valence-electron chi connectivity index (χ4n) is 0.709. The van der Waals surface area contributed by atoms with Crippen LogP contribution in [0.4, 0.5) is 0 Å². The average molecular weight is 147 g/mol. The summed E-state index contributed by atoms with van der Waals surface area (Å²) in [5, 5.41) is 17.7. The molecule has 0 aliphatic rings. The largest absolute Gasteiger partial charge is 0.393 e. The lowest BCUT2D eigenvalue weighted by Gasteiger charge is -2.09. The summed E-state index contributed by atoms with van der Waals surface area (Å²) >= 11 is 0. The summed E-state index contributed by atoms with van der Waals surface area (Å²) in [5.41, 5.74) is 4.79. The molecule has 0 aliphatic carbocycles. The second-order valence-electron chi connectivity index (χ2n) is 2.41. The van der Waals surface area contributed by atoms with Gasteiger partial charge >= 0.3 is 0 Å². The van der Waals surface area contributed by atoms with Gasteiger partial charge < -0.3 is 15.9 Å². The third-order valence-corrected chi connectivity index (χ3v) is 1.05. The van der Waals surface area contributed by atoms with Gasteiger partial charge in [-0.2, -0.15) is 0 Å². The molecule has 0 aliphatic heterocycles. The molecule has 10 heavy (non-hydrogen) atoms. The van der Waals surface area contributed by atoms with E-state index in [1.54, 1.807) is 6.92 Å². The summed E-state index contributed by atoms with van der Waals surface area (Å²) in [6.45, 7) is 1.55. The molecule has 4 nitrogen and oxygen atoms in total. The molecule has 0 saturated carbocycles. The monoisotopic (exact) mass is 147 g/mol. The Labute approximate surface area is 59.7 Å². The van der Waals surface area contributed by atoms with Crippen molar-refractivity contribution in [1.29, 1.82) is 0 Å². The number of hydrogen-bond donors (Lipinski definition) is 3. The van der Waals surface area contributed by atoms with E-state index in [1.165, 1.54) is 0 Å². The molecule has 0 radical (unpaired) electrons. The first-order valence-corrected chi connectivity index (χ1v) is 3.16. The van der Waals surface area contributed by atoms with Crippen molar-refractivity contribution in [3.63, 3.8) is 0 Å². The normalized spacial score (nSPS) is 16.3. The molecule has 60 valence electrons. The van der Waals surface area contributed by atoms with E-state index in [0.717, 1.165) is 0 Å². The average Bonchev–Trinajstić information content (AvgIpc) is 1.58. The lowest BCUT2D eigenvalue weighted by atomic mass is 10.1. The van der Waals surface area contributed by atoms with Gasteiger partial charge in [-0.3, -0.25) is 4.79 Å². The highest BCUT2D eigenvalue weighted by Crippen LogP contribution is 2.00. The van der Waals surface area contributed by atoms with E-state index < -0.39 is 18.1 Å². The maximum absolute atomic E-state index is 10.2. The van der Waals surface area contributed by atoms with E-state index in [-0.39, 0.29) is 12.8 Å². The lowest BCUT2D eigenvalue weighted by molar-refractivity contribution is -0.120. The van der Waals surface area contributed by atoms with E-state index in [9.17, 15) is 4.79 Å². The van der Waals surface area contributed by atoms with Crippen LogP contribution in [0.2, 0.25) is 0 Å². The molecule has 0 aromatic rings. The van der Waals surface area contributed by atoms with Crippen LogP contribution in [0.3, 0.4) is 0 Å². The summed E-state index contributed by atoms with van der Waals surface area (Å²) < 4.78 is 0. The van der Waals surface area contributed by atoms with Crippen LogP contribution in [0.25, 0.3) is 0 Å². The van der Waals surface area contributed by atoms with E-state index in [1.807, 2.05) is 0 Å². The first kappa shape index (κ1) is 9.39. The van der Waals surface area contributed by atoms with Crippen molar-refractivity contribution >= 4 is 5.91 Å². The van der Waals surface area contributed by atoms with Gasteiger partial charge in [-0.1, -0.05) is 0 Å². The van der Waals surface area contributed by atoms with Crippen LogP contribution in [-0.4, -0.2) is 28.3 Å². The zero-order valence-corrected chi connectivity index (χ0v) is 5.95. The third-order valence-electron chi connectivity index (χ3n) is 1.05. The Morgan fingerprint density at radius 1 is 1.60 bits per heavy atom. The first-order valence-electron chi connectivity index (χ1n) is 3.16. The van der Waals surface area contributed by atoms with Gasteiger partial charge in [0.15, 0.2) is 0 Å². The Balaban J connectivity index is 3.43. The predicted molar refractivity (Wildman–Crippen MR) is 36.1 cm³/mol. The summed E-state index contributed by atoms with van der Waals surface area (Å²) in [6, 6.07) is 0. The molecule has 4 heteroatoms. The van der Waals surface area contributed by atoms with E-state index in [4.69, 9.17) is 15.9 Å².